The van der Waals surface area contributed by atoms with Crippen molar-refractivity contribution in [2.75, 3.05) is 18.6 Å². The van der Waals surface area contributed by atoms with Crippen LogP contribution in [0.2, 0.25) is 0 Å². The Balaban J connectivity index is 2.74. The zero-order valence-electron chi connectivity index (χ0n) is 12.3. The lowest BCUT2D eigenvalue weighted by Gasteiger charge is -2.31. The minimum absolute atomic E-state index is 0.359. The lowest BCUT2D eigenvalue weighted by Crippen LogP contribution is -2.25. The van der Waals surface area contributed by atoms with Crippen LogP contribution in [-0.4, -0.2) is 18.6 Å². The van der Waals surface area contributed by atoms with Gasteiger partial charge in [-0.25, -0.2) is 0 Å². The van der Waals surface area contributed by atoms with Crippen LogP contribution in [0.5, 0.6) is 5.75 Å². The number of hydrogen-bond donors (Lipinski definition) is 1. The molecule has 1 aromatic carbocycles. The molecule has 1 rings (SSSR count). The molecule has 108 valence electrons. The highest BCUT2D eigenvalue weighted by Crippen LogP contribution is 2.39. The van der Waals surface area contributed by atoms with Crippen LogP contribution in [0, 0.1) is 5.41 Å². The van der Waals surface area contributed by atoms with Crippen molar-refractivity contribution in [1.82, 2.24) is 0 Å². The zero-order chi connectivity index (χ0) is 14.1. The summed E-state index contributed by atoms with van der Waals surface area (Å²) in [6.07, 6.45) is 4.97. The average Bonchev–Trinajstić information content (AvgIpc) is 2.45. The van der Waals surface area contributed by atoms with Gasteiger partial charge < -0.3 is 4.74 Å². The maximum Gasteiger partial charge on any atom is 0.132 e. The van der Waals surface area contributed by atoms with Crippen molar-refractivity contribution in [3.8, 4) is 5.75 Å². The molecule has 0 fully saturated rings. The number of thioether (sulfide) groups is 1. The SMILES string of the molecule is CCCC(CS)(CCC)CSc1ccccc1OC. The maximum atomic E-state index is 5.42. The van der Waals surface area contributed by atoms with E-state index in [2.05, 4.69) is 38.6 Å². The summed E-state index contributed by atoms with van der Waals surface area (Å²) >= 11 is 6.53. The van der Waals surface area contributed by atoms with E-state index in [1.54, 1.807) is 7.11 Å². The average molecular weight is 299 g/mol. The van der Waals surface area contributed by atoms with Crippen molar-refractivity contribution in [2.24, 2.45) is 5.41 Å². The number of rotatable bonds is 9. The smallest absolute Gasteiger partial charge is 0.132 e. The molecule has 0 bridgehead atoms. The van der Waals surface area contributed by atoms with Crippen LogP contribution in [0.25, 0.3) is 0 Å². The largest absolute Gasteiger partial charge is 0.496 e. The van der Waals surface area contributed by atoms with Gasteiger partial charge in [-0.1, -0.05) is 38.8 Å². The molecular formula is C16H26OS2. The Bertz CT molecular complexity index is 360. The van der Waals surface area contributed by atoms with E-state index in [-0.39, 0.29) is 0 Å². The summed E-state index contributed by atoms with van der Waals surface area (Å²) in [5, 5.41) is 0. The van der Waals surface area contributed by atoms with Crippen LogP contribution < -0.4 is 4.74 Å². The van der Waals surface area contributed by atoms with Crippen molar-refractivity contribution in [2.45, 2.75) is 44.4 Å². The molecule has 0 amide bonds. The Kier molecular flexibility index (Phi) is 7.77. The maximum absolute atomic E-state index is 5.42. The van der Waals surface area contributed by atoms with Crippen LogP contribution in [0.4, 0.5) is 0 Å². The number of methoxy groups -OCH3 is 1. The van der Waals surface area contributed by atoms with Gasteiger partial charge in [-0.05, 0) is 36.1 Å². The normalized spacial score (nSPS) is 11.6. The first kappa shape index (κ1) is 16.8. The summed E-state index contributed by atoms with van der Waals surface area (Å²) in [5.41, 5.74) is 0.359. The molecule has 0 unspecified atom stereocenters. The van der Waals surface area contributed by atoms with Gasteiger partial charge in [-0.15, -0.1) is 11.8 Å². The summed E-state index contributed by atoms with van der Waals surface area (Å²) in [7, 11) is 1.74. The summed E-state index contributed by atoms with van der Waals surface area (Å²) in [5.74, 6) is 3.07. The molecule has 0 N–H and O–H groups in total. The fourth-order valence-corrected chi connectivity index (χ4v) is 4.40. The second-order valence-corrected chi connectivity index (χ2v) is 6.43. The predicted molar refractivity (Wildman–Crippen MR) is 89.8 cm³/mol. The molecular weight excluding hydrogens is 272 g/mol. The lowest BCUT2D eigenvalue weighted by atomic mass is 9.83. The number of para-hydroxylation sites is 1. The Hall–Kier alpha value is -0.280. The fourth-order valence-electron chi connectivity index (χ4n) is 2.50. The Morgan fingerprint density at radius 1 is 1.16 bits per heavy atom. The number of thiol groups is 1. The van der Waals surface area contributed by atoms with Crippen LogP contribution in [0.3, 0.4) is 0 Å². The van der Waals surface area contributed by atoms with Gasteiger partial charge in [0.2, 0.25) is 0 Å². The second-order valence-electron chi connectivity index (χ2n) is 5.10. The molecule has 0 radical (unpaired) electrons. The van der Waals surface area contributed by atoms with E-state index < -0.39 is 0 Å². The van der Waals surface area contributed by atoms with Gasteiger partial charge in [0.05, 0.1) is 7.11 Å². The Morgan fingerprint density at radius 3 is 2.32 bits per heavy atom. The minimum Gasteiger partial charge on any atom is -0.496 e. The molecule has 0 saturated carbocycles. The van der Waals surface area contributed by atoms with E-state index in [0.29, 0.717) is 5.41 Å². The number of ether oxygens (including phenoxy) is 1. The van der Waals surface area contributed by atoms with Gasteiger partial charge in [0.25, 0.3) is 0 Å². The summed E-state index contributed by atoms with van der Waals surface area (Å²) < 4.78 is 5.42. The van der Waals surface area contributed by atoms with Crippen molar-refractivity contribution in [1.29, 1.82) is 0 Å². The van der Waals surface area contributed by atoms with Crippen molar-refractivity contribution in [3.63, 3.8) is 0 Å². The van der Waals surface area contributed by atoms with Gasteiger partial charge in [0, 0.05) is 10.6 Å². The van der Waals surface area contributed by atoms with Gasteiger partial charge in [0.15, 0.2) is 0 Å². The van der Waals surface area contributed by atoms with E-state index >= 15 is 0 Å². The first-order chi connectivity index (χ1) is 9.21. The van der Waals surface area contributed by atoms with Crippen molar-refractivity contribution < 1.29 is 4.74 Å². The van der Waals surface area contributed by atoms with E-state index in [1.807, 2.05) is 23.9 Å². The van der Waals surface area contributed by atoms with Crippen LogP contribution >= 0.6 is 24.4 Å². The third-order valence-corrected chi connectivity index (χ3v) is 5.57. The highest BCUT2D eigenvalue weighted by Gasteiger charge is 2.27. The monoisotopic (exact) mass is 298 g/mol. The van der Waals surface area contributed by atoms with Crippen molar-refractivity contribution >= 4 is 24.4 Å². The predicted octanol–water partition coefficient (Wildman–Crippen LogP) is 5.30. The Labute approximate surface area is 127 Å². The molecule has 0 aliphatic carbocycles. The highest BCUT2D eigenvalue weighted by atomic mass is 32.2. The molecule has 0 spiro atoms. The van der Waals surface area contributed by atoms with E-state index in [9.17, 15) is 0 Å². The standard InChI is InChI=1S/C16H26OS2/c1-4-10-16(12-18,11-5-2)13-19-15-9-7-6-8-14(15)17-3/h6-9,18H,4-5,10-13H2,1-3H3. The van der Waals surface area contributed by atoms with E-state index in [4.69, 9.17) is 4.74 Å². The first-order valence-electron chi connectivity index (χ1n) is 7.08. The van der Waals surface area contributed by atoms with Crippen LogP contribution in [-0.2, 0) is 0 Å². The topological polar surface area (TPSA) is 9.23 Å². The quantitative estimate of drug-likeness (QED) is 0.489. The molecule has 0 atom stereocenters. The van der Waals surface area contributed by atoms with Gasteiger partial charge in [-0.3, -0.25) is 0 Å². The zero-order valence-corrected chi connectivity index (χ0v) is 14.0. The van der Waals surface area contributed by atoms with Crippen LogP contribution in [0.15, 0.2) is 29.2 Å². The highest BCUT2D eigenvalue weighted by molar-refractivity contribution is 7.99. The van der Waals surface area contributed by atoms with Gasteiger partial charge in [-0.2, -0.15) is 12.6 Å². The summed E-state index contributed by atoms with van der Waals surface area (Å²) in [6, 6.07) is 8.27. The molecule has 1 nitrogen and oxygen atoms in total. The minimum atomic E-state index is 0.359. The summed E-state index contributed by atoms with van der Waals surface area (Å²) in [6.45, 7) is 4.53. The molecule has 0 saturated heterocycles. The Morgan fingerprint density at radius 2 is 1.79 bits per heavy atom. The molecule has 0 aliphatic heterocycles. The molecule has 3 heteroatoms. The van der Waals surface area contributed by atoms with E-state index in [0.717, 1.165) is 17.3 Å². The molecule has 0 aromatic heterocycles. The van der Waals surface area contributed by atoms with E-state index in [1.165, 1.54) is 30.6 Å². The van der Waals surface area contributed by atoms with Gasteiger partial charge in [0.1, 0.15) is 5.75 Å². The third kappa shape index (κ3) is 4.96. The first-order valence-corrected chi connectivity index (χ1v) is 8.70. The molecule has 1 aromatic rings. The van der Waals surface area contributed by atoms with Crippen LogP contribution in [0.1, 0.15) is 39.5 Å². The lowest BCUT2D eigenvalue weighted by molar-refractivity contribution is 0.318. The third-order valence-electron chi connectivity index (χ3n) is 3.50. The number of benzene rings is 1. The molecule has 0 heterocycles. The van der Waals surface area contributed by atoms with Crippen molar-refractivity contribution in [3.05, 3.63) is 24.3 Å². The molecule has 19 heavy (non-hydrogen) atoms. The second kappa shape index (κ2) is 8.80. The summed E-state index contributed by atoms with van der Waals surface area (Å²) in [4.78, 5) is 1.24. The fraction of sp³-hybridized carbons (Fsp3) is 0.625. The number of hydrogen-bond acceptors (Lipinski definition) is 3. The molecule has 0 aliphatic rings. The van der Waals surface area contributed by atoms with Gasteiger partial charge >= 0.3 is 0 Å².